The molecule has 0 aliphatic heterocycles. The molecule has 2 rings (SSSR count). The Morgan fingerprint density at radius 2 is 2.24 bits per heavy atom. The molecule has 2 heterocycles. The average Bonchev–Trinajstić information content (AvgIpc) is 2.67. The van der Waals surface area contributed by atoms with Crippen LogP contribution in [0, 0.1) is 6.92 Å². The van der Waals surface area contributed by atoms with Crippen LogP contribution in [0.3, 0.4) is 0 Å². The van der Waals surface area contributed by atoms with Gasteiger partial charge in [0.1, 0.15) is 11.0 Å². The fraction of sp³-hybridized carbons (Fsp3) is 0.400. The molecular formula is C10H11ClN4O2. The van der Waals surface area contributed by atoms with E-state index in [9.17, 15) is 4.79 Å². The van der Waals surface area contributed by atoms with Crippen molar-refractivity contribution in [1.82, 2.24) is 19.7 Å². The lowest BCUT2D eigenvalue weighted by Crippen LogP contribution is -2.25. The van der Waals surface area contributed by atoms with Crippen molar-refractivity contribution >= 4 is 11.6 Å². The number of rotatable bonds is 3. The molecule has 0 spiro atoms. The van der Waals surface area contributed by atoms with Crippen LogP contribution in [0.1, 0.15) is 24.5 Å². The molecule has 0 radical (unpaired) electrons. The number of halogens is 1. The first kappa shape index (κ1) is 11.8. The topological polar surface area (TPSA) is 73.8 Å². The van der Waals surface area contributed by atoms with Crippen LogP contribution < -0.4 is 5.56 Å². The second kappa shape index (κ2) is 4.67. The highest BCUT2D eigenvalue weighted by Crippen LogP contribution is 2.05. The Morgan fingerprint density at radius 1 is 1.47 bits per heavy atom. The Bertz CT molecular complexity index is 590. The largest absolute Gasteiger partial charge is 0.340 e. The van der Waals surface area contributed by atoms with Crippen LogP contribution >= 0.6 is 11.6 Å². The van der Waals surface area contributed by atoms with Gasteiger partial charge in [-0.15, -0.1) is 0 Å². The quantitative estimate of drug-likeness (QED) is 0.770. The zero-order valence-corrected chi connectivity index (χ0v) is 10.2. The van der Waals surface area contributed by atoms with E-state index < -0.39 is 0 Å². The summed E-state index contributed by atoms with van der Waals surface area (Å²) in [6, 6.07) is 1.27. The lowest BCUT2D eigenvalue weighted by Gasteiger charge is -2.07. The summed E-state index contributed by atoms with van der Waals surface area (Å²) >= 11 is 5.73. The summed E-state index contributed by atoms with van der Waals surface area (Å²) in [7, 11) is 0. The Hall–Kier alpha value is -1.69. The molecule has 0 atom stereocenters. The minimum Gasteiger partial charge on any atom is -0.340 e. The van der Waals surface area contributed by atoms with E-state index in [1.54, 1.807) is 6.92 Å². The molecule has 2 aromatic heterocycles. The van der Waals surface area contributed by atoms with Crippen LogP contribution in [0.15, 0.2) is 15.4 Å². The van der Waals surface area contributed by atoms with Crippen molar-refractivity contribution in [3.05, 3.63) is 39.1 Å². The summed E-state index contributed by atoms with van der Waals surface area (Å²) in [4.78, 5) is 19.9. The zero-order valence-electron chi connectivity index (χ0n) is 9.47. The molecule has 2 aromatic rings. The summed E-state index contributed by atoms with van der Waals surface area (Å²) in [5.41, 5.74) is -0.218. The molecule has 0 aliphatic rings. The predicted molar refractivity (Wildman–Crippen MR) is 61.0 cm³/mol. The van der Waals surface area contributed by atoms with Crippen molar-refractivity contribution in [3.8, 4) is 0 Å². The third-order valence-electron chi connectivity index (χ3n) is 2.24. The number of aryl methyl sites for hydroxylation is 2. The normalized spacial score (nSPS) is 10.8. The molecule has 0 fully saturated rings. The molecular weight excluding hydrogens is 244 g/mol. The van der Waals surface area contributed by atoms with Gasteiger partial charge >= 0.3 is 0 Å². The summed E-state index contributed by atoms with van der Waals surface area (Å²) in [6.45, 7) is 3.83. The molecule has 0 saturated heterocycles. The molecule has 17 heavy (non-hydrogen) atoms. The van der Waals surface area contributed by atoms with E-state index in [1.807, 2.05) is 6.92 Å². The van der Waals surface area contributed by atoms with Crippen LogP contribution in [-0.4, -0.2) is 19.7 Å². The molecule has 0 unspecified atom stereocenters. The summed E-state index contributed by atoms with van der Waals surface area (Å²) in [5, 5.41) is 3.94. The third-order valence-corrected chi connectivity index (χ3v) is 2.44. The van der Waals surface area contributed by atoms with Gasteiger partial charge in [0.15, 0.2) is 5.82 Å². The van der Waals surface area contributed by atoms with Crippen molar-refractivity contribution in [2.24, 2.45) is 0 Å². The zero-order chi connectivity index (χ0) is 12.4. The first-order valence-corrected chi connectivity index (χ1v) is 5.53. The Balaban J connectivity index is 2.41. The Labute approximate surface area is 102 Å². The number of aromatic nitrogens is 4. The van der Waals surface area contributed by atoms with Crippen molar-refractivity contribution < 1.29 is 4.52 Å². The van der Waals surface area contributed by atoms with Gasteiger partial charge in [0, 0.05) is 19.4 Å². The van der Waals surface area contributed by atoms with E-state index in [1.165, 1.54) is 10.6 Å². The Morgan fingerprint density at radius 3 is 2.82 bits per heavy atom. The van der Waals surface area contributed by atoms with Crippen LogP contribution in [0.5, 0.6) is 0 Å². The molecule has 0 N–H and O–H groups in total. The van der Waals surface area contributed by atoms with E-state index in [4.69, 9.17) is 16.1 Å². The van der Waals surface area contributed by atoms with Gasteiger partial charge in [0.05, 0.1) is 6.54 Å². The lowest BCUT2D eigenvalue weighted by atomic mass is 10.4. The fourth-order valence-electron chi connectivity index (χ4n) is 1.51. The second-order valence-corrected chi connectivity index (χ2v) is 3.89. The van der Waals surface area contributed by atoms with E-state index in [0.717, 1.165) is 0 Å². The molecule has 0 aliphatic carbocycles. The van der Waals surface area contributed by atoms with E-state index in [2.05, 4.69) is 15.1 Å². The van der Waals surface area contributed by atoms with E-state index in [0.29, 0.717) is 24.0 Å². The van der Waals surface area contributed by atoms with Gasteiger partial charge in [-0.3, -0.25) is 9.36 Å². The van der Waals surface area contributed by atoms with Crippen molar-refractivity contribution in [3.63, 3.8) is 0 Å². The number of hydrogen-bond acceptors (Lipinski definition) is 5. The first-order chi connectivity index (χ1) is 8.10. The van der Waals surface area contributed by atoms with Gasteiger partial charge in [0.25, 0.3) is 5.56 Å². The SMILES string of the molecule is CCc1nc(Cl)cc(=O)n1Cc1noc(C)n1. The van der Waals surface area contributed by atoms with Gasteiger partial charge < -0.3 is 4.52 Å². The van der Waals surface area contributed by atoms with Crippen LogP contribution in [0.4, 0.5) is 0 Å². The monoisotopic (exact) mass is 254 g/mol. The highest BCUT2D eigenvalue weighted by molar-refractivity contribution is 6.29. The fourth-order valence-corrected chi connectivity index (χ4v) is 1.70. The molecule has 0 aromatic carbocycles. The van der Waals surface area contributed by atoms with Gasteiger partial charge in [-0.1, -0.05) is 23.7 Å². The van der Waals surface area contributed by atoms with Crippen molar-refractivity contribution in [2.45, 2.75) is 26.8 Å². The Kier molecular flexibility index (Phi) is 3.23. The highest BCUT2D eigenvalue weighted by Gasteiger charge is 2.10. The van der Waals surface area contributed by atoms with Crippen molar-refractivity contribution in [2.75, 3.05) is 0 Å². The molecule has 90 valence electrons. The molecule has 0 amide bonds. The highest BCUT2D eigenvalue weighted by atomic mass is 35.5. The lowest BCUT2D eigenvalue weighted by molar-refractivity contribution is 0.385. The molecule has 0 saturated carbocycles. The van der Waals surface area contributed by atoms with Crippen LogP contribution in [0.2, 0.25) is 5.15 Å². The summed E-state index contributed by atoms with van der Waals surface area (Å²) < 4.78 is 6.33. The smallest absolute Gasteiger partial charge is 0.255 e. The predicted octanol–water partition coefficient (Wildman–Crippen LogP) is 1.20. The van der Waals surface area contributed by atoms with Gasteiger partial charge in [-0.25, -0.2) is 4.98 Å². The van der Waals surface area contributed by atoms with Gasteiger partial charge in [-0.05, 0) is 0 Å². The van der Waals surface area contributed by atoms with Crippen LogP contribution in [-0.2, 0) is 13.0 Å². The van der Waals surface area contributed by atoms with E-state index >= 15 is 0 Å². The minimum atomic E-state index is -0.218. The minimum absolute atomic E-state index is 0.201. The van der Waals surface area contributed by atoms with Crippen molar-refractivity contribution in [1.29, 1.82) is 0 Å². The maximum absolute atomic E-state index is 11.8. The van der Waals surface area contributed by atoms with E-state index in [-0.39, 0.29) is 17.3 Å². The van der Waals surface area contributed by atoms with Gasteiger partial charge in [-0.2, -0.15) is 4.98 Å². The maximum atomic E-state index is 11.8. The van der Waals surface area contributed by atoms with Gasteiger partial charge in [0.2, 0.25) is 5.89 Å². The standard InChI is InChI=1S/C10H11ClN4O2/c1-3-9-13-7(11)4-10(16)15(9)5-8-12-6(2)17-14-8/h4H,3,5H2,1-2H3. The number of nitrogens with zero attached hydrogens (tertiary/aromatic N) is 4. The number of hydrogen-bond donors (Lipinski definition) is 0. The average molecular weight is 255 g/mol. The molecule has 7 heteroatoms. The first-order valence-electron chi connectivity index (χ1n) is 5.15. The second-order valence-electron chi connectivity index (χ2n) is 3.50. The summed E-state index contributed by atoms with van der Waals surface area (Å²) in [5.74, 6) is 1.52. The van der Waals surface area contributed by atoms with Crippen LogP contribution in [0.25, 0.3) is 0 Å². The molecule has 0 bridgehead atoms. The summed E-state index contributed by atoms with van der Waals surface area (Å²) in [6.07, 6.45) is 0.604. The molecule has 6 nitrogen and oxygen atoms in total. The third kappa shape index (κ3) is 2.52. The maximum Gasteiger partial charge on any atom is 0.255 e.